The lowest BCUT2D eigenvalue weighted by molar-refractivity contribution is 0.199. The zero-order valence-electron chi connectivity index (χ0n) is 11.1. The van der Waals surface area contributed by atoms with Gasteiger partial charge in [0.2, 0.25) is 0 Å². The molecule has 4 heteroatoms. The average Bonchev–Trinajstić information content (AvgIpc) is 2.34. The van der Waals surface area contributed by atoms with Gasteiger partial charge in [-0.25, -0.2) is 4.39 Å². The van der Waals surface area contributed by atoms with Gasteiger partial charge in [-0.3, -0.25) is 0 Å². The van der Waals surface area contributed by atoms with Crippen LogP contribution in [0.2, 0.25) is 0 Å². The van der Waals surface area contributed by atoms with E-state index in [1.54, 1.807) is 24.0 Å². The zero-order valence-corrected chi connectivity index (χ0v) is 11.1. The second-order valence-corrected chi connectivity index (χ2v) is 4.42. The Morgan fingerprint density at radius 2 is 2.06 bits per heavy atom. The van der Waals surface area contributed by atoms with E-state index in [1.165, 1.54) is 6.07 Å². The van der Waals surface area contributed by atoms with Crippen molar-refractivity contribution in [2.24, 2.45) is 0 Å². The van der Waals surface area contributed by atoms with Crippen molar-refractivity contribution in [1.82, 2.24) is 0 Å². The van der Waals surface area contributed by atoms with Gasteiger partial charge in [0.15, 0.2) is 0 Å². The molecule has 0 amide bonds. The van der Waals surface area contributed by atoms with Gasteiger partial charge in [0.05, 0.1) is 18.4 Å². The molecule has 3 nitrogen and oxygen atoms in total. The second-order valence-electron chi connectivity index (χ2n) is 4.42. The maximum Gasteiger partial charge on any atom is 0.146 e. The van der Waals surface area contributed by atoms with Gasteiger partial charge in [-0.1, -0.05) is 25.5 Å². The quantitative estimate of drug-likeness (QED) is 0.786. The molecule has 0 saturated heterocycles. The molecule has 0 radical (unpaired) electrons. The van der Waals surface area contributed by atoms with Gasteiger partial charge in [-0.2, -0.15) is 0 Å². The number of para-hydroxylation sites is 1. The average molecular weight is 255 g/mol. The van der Waals surface area contributed by atoms with Crippen molar-refractivity contribution in [1.29, 1.82) is 0 Å². The van der Waals surface area contributed by atoms with Gasteiger partial charge < -0.3 is 15.1 Å². The summed E-state index contributed by atoms with van der Waals surface area (Å²) in [5.74, 6) is -0.349. The third-order valence-corrected chi connectivity index (χ3v) is 2.94. The fraction of sp³-hybridized carbons (Fsp3) is 0.571. The molecule has 1 aromatic rings. The minimum Gasteiger partial charge on any atom is -0.395 e. The van der Waals surface area contributed by atoms with Crippen LogP contribution in [0.5, 0.6) is 0 Å². The van der Waals surface area contributed by atoms with Crippen LogP contribution >= 0.6 is 0 Å². The first-order valence-corrected chi connectivity index (χ1v) is 6.44. The summed E-state index contributed by atoms with van der Waals surface area (Å²) in [6, 6.07) is 4.70. The van der Waals surface area contributed by atoms with Gasteiger partial charge in [0.1, 0.15) is 5.82 Å². The highest BCUT2D eigenvalue weighted by molar-refractivity contribution is 5.55. The summed E-state index contributed by atoms with van der Waals surface area (Å²) in [6.45, 7) is 4.71. The van der Waals surface area contributed by atoms with Crippen LogP contribution in [0.1, 0.15) is 38.4 Å². The molecule has 0 heterocycles. The summed E-state index contributed by atoms with van der Waals surface area (Å²) >= 11 is 0. The van der Waals surface area contributed by atoms with Crippen LogP contribution in [0, 0.1) is 5.82 Å². The van der Waals surface area contributed by atoms with Crippen molar-refractivity contribution in [2.75, 3.05) is 24.6 Å². The Kier molecular flexibility index (Phi) is 6.09. The second kappa shape index (κ2) is 7.34. The molecular weight excluding hydrogens is 233 g/mol. The molecule has 18 heavy (non-hydrogen) atoms. The Morgan fingerprint density at radius 3 is 2.61 bits per heavy atom. The summed E-state index contributed by atoms with van der Waals surface area (Å²) in [7, 11) is 0. The molecule has 0 saturated carbocycles. The summed E-state index contributed by atoms with van der Waals surface area (Å²) in [4.78, 5) is 1.81. The van der Waals surface area contributed by atoms with Crippen molar-refractivity contribution in [3.05, 3.63) is 29.6 Å². The van der Waals surface area contributed by atoms with Crippen molar-refractivity contribution >= 4 is 5.69 Å². The van der Waals surface area contributed by atoms with Crippen LogP contribution in [0.3, 0.4) is 0 Å². The third-order valence-electron chi connectivity index (χ3n) is 2.94. The predicted molar refractivity (Wildman–Crippen MR) is 71.2 cm³/mol. The first-order valence-electron chi connectivity index (χ1n) is 6.44. The summed E-state index contributed by atoms with van der Waals surface area (Å²) in [5, 5.41) is 18.8. The SMILES string of the molecule is CCCCN(CCO)c1c(F)cccc1[C@H](C)O. The van der Waals surface area contributed by atoms with Crippen LogP contribution in [-0.4, -0.2) is 29.9 Å². The molecule has 0 bridgehead atoms. The molecule has 2 N–H and O–H groups in total. The Hall–Kier alpha value is -1.13. The lowest BCUT2D eigenvalue weighted by atomic mass is 10.1. The minimum absolute atomic E-state index is 0.0305. The molecule has 1 atom stereocenters. The minimum atomic E-state index is -0.724. The Labute approximate surface area is 108 Å². The largest absolute Gasteiger partial charge is 0.395 e. The van der Waals surface area contributed by atoms with Gasteiger partial charge in [0.25, 0.3) is 0 Å². The molecule has 0 fully saturated rings. The molecule has 1 rings (SSSR count). The van der Waals surface area contributed by atoms with E-state index >= 15 is 0 Å². The Bertz CT molecular complexity index is 369. The highest BCUT2D eigenvalue weighted by Gasteiger charge is 2.18. The van der Waals surface area contributed by atoms with E-state index in [4.69, 9.17) is 5.11 Å². The van der Waals surface area contributed by atoms with E-state index in [0.717, 1.165) is 12.8 Å². The van der Waals surface area contributed by atoms with Gasteiger partial charge in [-0.05, 0) is 19.4 Å². The number of unbranched alkanes of at least 4 members (excludes halogenated alkanes) is 1. The number of benzene rings is 1. The first-order chi connectivity index (χ1) is 8.61. The number of rotatable bonds is 7. The van der Waals surface area contributed by atoms with Gasteiger partial charge in [0, 0.05) is 18.7 Å². The van der Waals surface area contributed by atoms with Crippen molar-refractivity contribution in [3.63, 3.8) is 0 Å². The lowest BCUT2D eigenvalue weighted by Crippen LogP contribution is -2.30. The van der Waals surface area contributed by atoms with Gasteiger partial charge in [-0.15, -0.1) is 0 Å². The van der Waals surface area contributed by atoms with E-state index in [2.05, 4.69) is 6.92 Å². The third kappa shape index (κ3) is 3.68. The Morgan fingerprint density at radius 1 is 1.33 bits per heavy atom. The number of nitrogens with zero attached hydrogens (tertiary/aromatic N) is 1. The van der Waals surface area contributed by atoms with E-state index in [1.807, 2.05) is 0 Å². The van der Waals surface area contributed by atoms with Crippen molar-refractivity contribution in [2.45, 2.75) is 32.8 Å². The number of halogens is 1. The smallest absolute Gasteiger partial charge is 0.146 e. The van der Waals surface area contributed by atoms with E-state index in [9.17, 15) is 9.50 Å². The normalized spacial score (nSPS) is 12.5. The highest BCUT2D eigenvalue weighted by Crippen LogP contribution is 2.29. The van der Waals surface area contributed by atoms with Crippen LogP contribution < -0.4 is 4.90 Å². The summed E-state index contributed by atoms with van der Waals surface area (Å²) < 4.78 is 14.0. The Balaban J connectivity index is 3.08. The number of hydrogen-bond donors (Lipinski definition) is 2. The molecule has 0 aromatic heterocycles. The first kappa shape index (κ1) is 14.9. The lowest BCUT2D eigenvalue weighted by Gasteiger charge is -2.27. The molecular formula is C14H22FNO2. The fourth-order valence-corrected chi connectivity index (χ4v) is 2.01. The maximum atomic E-state index is 14.0. The predicted octanol–water partition coefficient (Wildman–Crippen LogP) is 2.48. The van der Waals surface area contributed by atoms with E-state index in [-0.39, 0.29) is 12.4 Å². The van der Waals surface area contributed by atoms with Gasteiger partial charge >= 0.3 is 0 Å². The van der Waals surface area contributed by atoms with E-state index < -0.39 is 6.10 Å². The standard InChI is InChI=1S/C14H22FNO2/c1-3-4-8-16(9-10-17)14-12(11(2)18)6-5-7-13(14)15/h5-7,11,17-18H,3-4,8-10H2,1-2H3/t11-/m0/s1. The maximum absolute atomic E-state index is 14.0. The van der Waals surface area contributed by atoms with Crippen LogP contribution in [0.15, 0.2) is 18.2 Å². The van der Waals surface area contributed by atoms with E-state index in [0.29, 0.717) is 24.3 Å². The number of anilines is 1. The number of aliphatic hydroxyl groups excluding tert-OH is 2. The summed E-state index contributed by atoms with van der Waals surface area (Å²) in [5.41, 5.74) is 0.981. The molecule has 0 spiro atoms. The van der Waals surface area contributed by atoms with Crippen LogP contribution in [-0.2, 0) is 0 Å². The molecule has 0 aliphatic rings. The molecule has 0 aliphatic carbocycles. The number of aliphatic hydroxyl groups is 2. The van der Waals surface area contributed by atoms with Crippen LogP contribution in [0.4, 0.5) is 10.1 Å². The molecule has 102 valence electrons. The number of hydrogen-bond acceptors (Lipinski definition) is 3. The van der Waals surface area contributed by atoms with Crippen molar-refractivity contribution in [3.8, 4) is 0 Å². The summed E-state index contributed by atoms with van der Waals surface area (Å²) in [6.07, 6.45) is 1.20. The topological polar surface area (TPSA) is 43.7 Å². The highest BCUT2D eigenvalue weighted by atomic mass is 19.1. The van der Waals surface area contributed by atoms with Crippen LogP contribution in [0.25, 0.3) is 0 Å². The monoisotopic (exact) mass is 255 g/mol. The fourth-order valence-electron chi connectivity index (χ4n) is 2.01. The van der Waals surface area contributed by atoms with Crippen molar-refractivity contribution < 1.29 is 14.6 Å². The molecule has 1 aromatic carbocycles. The zero-order chi connectivity index (χ0) is 13.5. The molecule has 0 aliphatic heterocycles. The molecule has 0 unspecified atom stereocenters.